The van der Waals surface area contributed by atoms with Crippen molar-refractivity contribution in [2.45, 2.75) is 93.8 Å². The summed E-state index contributed by atoms with van der Waals surface area (Å²) in [4.78, 5) is 157. The molecule has 15 N–H and O–H groups in total. The van der Waals surface area contributed by atoms with Crippen molar-refractivity contribution in [1.29, 1.82) is 0 Å². The van der Waals surface area contributed by atoms with Crippen LogP contribution in [-0.4, -0.2) is 232 Å². The van der Waals surface area contributed by atoms with Crippen molar-refractivity contribution in [3.63, 3.8) is 0 Å². The van der Waals surface area contributed by atoms with Gasteiger partial charge in [-0.2, -0.15) is 0 Å². The number of quaternary nitrogens is 1. The monoisotopic (exact) mass is 1460 g/mol. The van der Waals surface area contributed by atoms with Gasteiger partial charge in [0, 0.05) is 72.7 Å². The summed E-state index contributed by atoms with van der Waals surface area (Å²) in [6.45, 7) is 6.50. The first-order valence-electron chi connectivity index (χ1n) is 29.4. The van der Waals surface area contributed by atoms with Gasteiger partial charge in [0.15, 0.2) is 44.7 Å². The van der Waals surface area contributed by atoms with Crippen molar-refractivity contribution < 1.29 is 103 Å². The number of fused-ring (bicyclic) bond motifs is 2. The third-order valence-electron chi connectivity index (χ3n) is 16.3. The number of hydrogen-bond donors (Lipinski definition) is 13. The summed E-state index contributed by atoms with van der Waals surface area (Å²) in [5.74, 6) is -13.7. The van der Waals surface area contributed by atoms with E-state index < -0.39 is 138 Å². The van der Waals surface area contributed by atoms with Gasteiger partial charge in [-0.1, -0.05) is 33.5 Å². The summed E-state index contributed by atoms with van der Waals surface area (Å²) in [7, 11) is 0. The molecule has 39 heteroatoms. The number of thioether (sulfide) groups is 2. The average molecular weight is 1460 g/mol. The minimum Gasteiger partial charge on any atom is -0.504 e. The minimum absolute atomic E-state index is 0.00842. The first-order chi connectivity index (χ1) is 45.7. The highest BCUT2D eigenvalue weighted by Gasteiger charge is 2.57. The number of oxime groups is 2. The molecule has 4 aromatic rings. The van der Waals surface area contributed by atoms with Crippen LogP contribution in [0.3, 0.4) is 0 Å². The number of rotatable bonds is 28. The molecule has 7 heterocycles. The molecular formula is C58H64Cl2N13O20S4+. The van der Waals surface area contributed by atoms with Gasteiger partial charge in [0.25, 0.3) is 35.4 Å². The summed E-state index contributed by atoms with van der Waals surface area (Å²) in [6.07, 6.45) is 1.67. The number of phenols is 4. The van der Waals surface area contributed by atoms with Gasteiger partial charge >= 0.3 is 23.9 Å². The number of carbonyl (C=O) groups is 10. The fourth-order valence-corrected chi connectivity index (χ4v) is 15.7. The van der Waals surface area contributed by atoms with Gasteiger partial charge in [-0.05, 0) is 64.0 Å². The van der Waals surface area contributed by atoms with E-state index in [1.165, 1.54) is 36.3 Å². The molecule has 0 bridgehead atoms. The van der Waals surface area contributed by atoms with Crippen LogP contribution >= 0.6 is 69.4 Å². The number of nitrogen functional groups attached to an aromatic ring is 2. The lowest BCUT2D eigenvalue weighted by Gasteiger charge is -2.50. The molecule has 0 saturated carbocycles. The van der Waals surface area contributed by atoms with E-state index in [9.17, 15) is 88.8 Å². The van der Waals surface area contributed by atoms with Crippen molar-refractivity contribution in [1.82, 2.24) is 40.6 Å². The second-order valence-corrected chi connectivity index (χ2v) is 28.7. The molecule has 3 fully saturated rings. The van der Waals surface area contributed by atoms with Crippen LogP contribution in [0.15, 0.2) is 62.5 Å². The van der Waals surface area contributed by atoms with Gasteiger partial charge < -0.3 is 87.3 Å². The molecule has 0 spiro atoms. The molecule has 6 amide bonds. The van der Waals surface area contributed by atoms with E-state index >= 15 is 0 Å². The smallest absolute Gasteiger partial charge is 0.352 e. The number of halogens is 2. The van der Waals surface area contributed by atoms with E-state index in [2.05, 4.69) is 36.2 Å². The minimum atomic E-state index is -2.09. The van der Waals surface area contributed by atoms with E-state index in [0.717, 1.165) is 94.8 Å². The van der Waals surface area contributed by atoms with Crippen molar-refractivity contribution in [2.24, 2.45) is 10.3 Å². The number of hydrogen-bond acceptors (Lipinski definition) is 26. The third-order valence-corrected chi connectivity index (χ3v) is 21.3. The number of nitrogens with two attached hydrogens (primary N) is 2. The number of aromatic nitrogens is 2. The summed E-state index contributed by atoms with van der Waals surface area (Å²) in [6, 6.07) is 1.91. The molecule has 97 heavy (non-hydrogen) atoms. The first kappa shape index (κ1) is 72.1. The summed E-state index contributed by atoms with van der Waals surface area (Å²) in [5.41, 5.74) is 5.77. The number of carbonyl (C=O) groups excluding carboxylic acids is 6. The van der Waals surface area contributed by atoms with Crippen LogP contribution in [0.5, 0.6) is 23.0 Å². The molecular weight excluding hydrogens is 1400 g/mol. The molecule has 0 aliphatic carbocycles. The molecule has 0 unspecified atom stereocenters. The van der Waals surface area contributed by atoms with Crippen LogP contribution in [0.2, 0.25) is 10.0 Å². The van der Waals surface area contributed by atoms with Crippen molar-refractivity contribution in [2.75, 3.05) is 68.8 Å². The summed E-state index contributed by atoms with van der Waals surface area (Å²) < 4.78 is 0.358. The standard InChI is InChI=1S/C58H63Cl2N13O20S4/c1-57(2,53(88)89)92-68-34(28-23-96-55(61)64-28)44(79)65-37-47(82)71-39(51(84)85)24(21-94-49(37)71)19-31-35(67-56(62)97-31)36(69-93-58(3,4)54(90)91)45(80)66-38-48(83)72-40(52(86)87)25(22-95-50(38)72)20-73(16-5-6-17-73)18-8-15-70(46(81)27-10-12-30(75)42(77)33(27)60)14-7-13-63-43(78)26-9-11-29(74)41(76)32(26)59/h9-12,23,37-38,49-50H,5-8,13-22H2,1-4H3,(H14-,61,62,63,64,65,66,67,68,69,74,75,76,77,78,79,80,81,84,85,86,87,88,89,90,91)/p+1/t37-,38-,49-,50-/m1/s1. The number of phenolic OH excluding ortho intramolecular Hbond substituents is 4. The second-order valence-electron chi connectivity index (χ2n) is 23.7. The fraction of sp³-hybridized carbons (Fsp3) is 0.414. The summed E-state index contributed by atoms with van der Waals surface area (Å²) in [5, 5.41) is 95.1. The van der Waals surface area contributed by atoms with Gasteiger partial charge in [-0.25, -0.2) is 29.1 Å². The normalized spacial score (nSPS) is 19.3. The Labute approximate surface area is 576 Å². The number of anilines is 2. The molecule has 0 radical (unpaired) electrons. The topological polar surface area (TPSA) is 499 Å². The number of carboxylic acids is 4. The Bertz CT molecular complexity index is 4080. The number of amides is 6. The molecule has 4 atom stereocenters. The lowest BCUT2D eigenvalue weighted by molar-refractivity contribution is -0.912. The van der Waals surface area contributed by atoms with Crippen molar-refractivity contribution in [3.05, 3.63) is 89.6 Å². The van der Waals surface area contributed by atoms with Gasteiger partial charge in [-0.15, -0.1) is 46.2 Å². The first-order valence-corrected chi connectivity index (χ1v) is 33.9. The Kier molecular flexibility index (Phi) is 21.5. The number of nitrogens with one attached hydrogen (secondary N) is 3. The molecule has 2 aromatic carbocycles. The Hall–Kier alpha value is -9.14. The maximum Gasteiger partial charge on any atom is 0.352 e. The highest BCUT2D eigenvalue weighted by Crippen LogP contribution is 2.45. The van der Waals surface area contributed by atoms with Gasteiger partial charge in [0.2, 0.25) is 11.2 Å². The molecule has 33 nitrogen and oxygen atoms in total. The number of aliphatic carboxylic acids is 4. The van der Waals surface area contributed by atoms with Gasteiger partial charge in [0.1, 0.15) is 52.2 Å². The zero-order valence-corrected chi connectivity index (χ0v) is 56.5. The maximum atomic E-state index is 14.7. The lowest BCUT2D eigenvalue weighted by Crippen LogP contribution is -2.71. The molecule has 2 aromatic heterocycles. The number of aromatic hydroxyl groups is 4. The van der Waals surface area contributed by atoms with Crippen LogP contribution in [-0.2, 0) is 54.5 Å². The zero-order valence-electron chi connectivity index (χ0n) is 51.7. The maximum absolute atomic E-state index is 14.7. The Morgan fingerprint density at radius 3 is 1.75 bits per heavy atom. The number of nitrogens with zero attached hydrogens (tertiary/aromatic N) is 8. The molecule has 518 valence electrons. The largest absolute Gasteiger partial charge is 0.504 e. The van der Waals surface area contributed by atoms with E-state index in [1.54, 1.807) is 0 Å². The average Bonchev–Trinajstić information content (AvgIpc) is 1.73. The predicted molar refractivity (Wildman–Crippen MR) is 351 cm³/mol. The number of carboxylic acid groups (broad SMARTS) is 4. The van der Waals surface area contributed by atoms with Crippen LogP contribution in [0.25, 0.3) is 0 Å². The lowest BCUT2D eigenvalue weighted by atomic mass is 9.99. The number of β-lactam (4-membered cyclic amide) rings is 2. The van der Waals surface area contributed by atoms with Crippen molar-refractivity contribution in [3.8, 4) is 23.0 Å². The van der Waals surface area contributed by atoms with Gasteiger partial charge in [-0.3, -0.25) is 38.6 Å². The highest BCUT2D eigenvalue weighted by molar-refractivity contribution is 8.00. The van der Waals surface area contributed by atoms with Crippen LogP contribution < -0.4 is 27.4 Å². The van der Waals surface area contributed by atoms with Crippen LogP contribution in [0.1, 0.15) is 90.4 Å². The number of likely N-dealkylation sites (tertiary alicyclic amines) is 1. The second kappa shape index (κ2) is 28.9. The van der Waals surface area contributed by atoms with Crippen molar-refractivity contribution >= 4 is 150 Å². The zero-order chi connectivity index (χ0) is 70.9. The van der Waals surface area contributed by atoms with E-state index in [4.69, 9.17) is 44.3 Å². The highest BCUT2D eigenvalue weighted by atomic mass is 35.5. The quantitative estimate of drug-likeness (QED) is 0.00971. The predicted octanol–water partition coefficient (Wildman–Crippen LogP) is 2.74. The molecule has 5 aliphatic heterocycles. The van der Waals surface area contributed by atoms with E-state index in [0.29, 0.717) is 36.1 Å². The van der Waals surface area contributed by atoms with E-state index in [-0.39, 0.29) is 104 Å². The number of benzene rings is 2. The Morgan fingerprint density at radius 2 is 1.22 bits per heavy atom. The van der Waals surface area contributed by atoms with E-state index in [1.807, 2.05) is 0 Å². The van der Waals surface area contributed by atoms with Gasteiger partial charge in [0.05, 0.1) is 40.8 Å². The molecule has 3 saturated heterocycles. The Morgan fingerprint density at radius 1 is 0.711 bits per heavy atom. The van der Waals surface area contributed by atoms with Crippen LogP contribution in [0.4, 0.5) is 10.3 Å². The SMILES string of the molecule is CC(C)(O/N=C(\C(=O)N[C@@H]1C(=O)N2C(C(=O)O)=C(Cc3sc(N)nc3/C(=N/OC(C)(C)C(=O)O)C(=O)N[C@@H]3C(=O)N4C(C(=O)O)=C(C[N+]5(CCCN(CCCNC(=O)c6ccc(O)c(O)c6Cl)C(=O)c6ccc(O)c(O)c6Cl)CCCC5)CS[C@H]34)CS[C@H]12)c1csc(N)n1)C(=O)O. The summed E-state index contributed by atoms with van der Waals surface area (Å²) >= 11 is 16.3. The molecule has 9 rings (SSSR count). The fourth-order valence-electron chi connectivity index (χ4n) is 11.1. The molecule has 5 aliphatic rings. The van der Waals surface area contributed by atoms with Crippen LogP contribution in [0, 0.1) is 0 Å². The number of thiazole rings is 2. The Balaban J connectivity index is 0.903. The third kappa shape index (κ3) is 15.1.